The highest BCUT2D eigenvalue weighted by molar-refractivity contribution is 9.10. The molecule has 26 heavy (non-hydrogen) atoms. The van der Waals surface area contributed by atoms with Gasteiger partial charge in [0.05, 0.1) is 11.4 Å². The van der Waals surface area contributed by atoms with Gasteiger partial charge in [0.25, 0.3) is 0 Å². The summed E-state index contributed by atoms with van der Waals surface area (Å²) in [5.41, 5.74) is 3.04. The van der Waals surface area contributed by atoms with Crippen molar-refractivity contribution in [2.45, 2.75) is 11.4 Å². The zero-order valence-corrected chi connectivity index (χ0v) is 16.5. The molecule has 1 N–H and O–H groups in total. The summed E-state index contributed by atoms with van der Waals surface area (Å²) in [5, 5.41) is 12.1. The molecule has 0 atom stereocenters. The molecule has 3 rings (SSSR count). The molecule has 0 spiro atoms. The van der Waals surface area contributed by atoms with E-state index in [2.05, 4.69) is 43.6 Å². The molecular formula is C20H18BrN3OS. The maximum absolute atomic E-state index is 11.9. The van der Waals surface area contributed by atoms with E-state index in [1.165, 1.54) is 17.3 Å². The van der Waals surface area contributed by atoms with Gasteiger partial charge in [-0.25, -0.2) is 0 Å². The molecule has 0 aliphatic carbocycles. The highest BCUT2D eigenvalue weighted by atomic mass is 79.9. The number of hydrogen-bond acceptors (Lipinski definition) is 4. The van der Waals surface area contributed by atoms with Crippen molar-refractivity contribution in [1.82, 2.24) is 15.5 Å². The fourth-order valence-corrected chi connectivity index (χ4v) is 3.26. The summed E-state index contributed by atoms with van der Waals surface area (Å²) in [6.45, 7) is 0.636. The van der Waals surface area contributed by atoms with Crippen molar-refractivity contribution < 1.29 is 4.79 Å². The Kier molecular flexibility index (Phi) is 6.80. The molecule has 0 unspecified atom stereocenters. The molecule has 0 aliphatic heterocycles. The first-order chi connectivity index (χ1) is 12.7. The quantitative estimate of drug-likeness (QED) is 0.569. The van der Waals surface area contributed by atoms with Crippen molar-refractivity contribution in [3.63, 3.8) is 0 Å². The van der Waals surface area contributed by atoms with Crippen molar-refractivity contribution in [3.05, 3.63) is 76.8 Å². The lowest BCUT2D eigenvalue weighted by molar-refractivity contribution is -0.118. The number of rotatable bonds is 7. The Morgan fingerprint density at radius 3 is 2.42 bits per heavy atom. The predicted molar refractivity (Wildman–Crippen MR) is 109 cm³/mol. The third-order valence-corrected chi connectivity index (χ3v) is 5.16. The second kappa shape index (κ2) is 9.50. The number of aromatic nitrogens is 2. The Labute approximate surface area is 165 Å². The molecule has 1 aromatic heterocycles. The van der Waals surface area contributed by atoms with Crippen LogP contribution in [-0.2, 0) is 11.2 Å². The van der Waals surface area contributed by atoms with Crippen LogP contribution in [0.25, 0.3) is 11.3 Å². The van der Waals surface area contributed by atoms with E-state index in [0.29, 0.717) is 12.3 Å². The summed E-state index contributed by atoms with van der Waals surface area (Å²) in [6.07, 6.45) is 0.832. The van der Waals surface area contributed by atoms with Gasteiger partial charge in [0.15, 0.2) is 0 Å². The second-order valence-electron chi connectivity index (χ2n) is 5.64. The van der Waals surface area contributed by atoms with Gasteiger partial charge in [-0.05, 0) is 36.2 Å². The van der Waals surface area contributed by atoms with E-state index in [-0.39, 0.29) is 5.91 Å². The molecule has 3 aromatic rings. The van der Waals surface area contributed by atoms with E-state index in [4.69, 9.17) is 0 Å². The average Bonchev–Trinajstić information content (AvgIpc) is 2.68. The first-order valence-corrected chi connectivity index (χ1v) is 10.0. The maximum Gasteiger partial charge on any atom is 0.230 e. The first-order valence-electron chi connectivity index (χ1n) is 8.24. The third-order valence-electron chi connectivity index (χ3n) is 3.71. The lowest BCUT2D eigenvalue weighted by Gasteiger charge is -2.05. The molecule has 0 radical (unpaired) electrons. The number of nitrogens with one attached hydrogen (secondary N) is 1. The second-order valence-corrected chi connectivity index (χ2v) is 7.55. The van der Waals surface area contributed by atoms with E-state index < -0.39 is 0 Å². The summed E-state index contributed by atoms with van der Waals surface area (Å²) in [5.74, 6) is 0.339. The standard InChI is InChI=1S/C20H18BrN3OS/c21-17-8-6-16(7-9-17)18-10-11-20(24-23-18)26-14-19(25)22-13-12-15-4-2-1-3-5-15/h1-11H,12-14H2,(H,22,25). The highest BCUT2D eigenvalue weighted by Crippen LogP contribution is 2.21. The molecule has 0 saturated heterocycles. The van der Waals surface area contributed by atoms with Crippen molar-refractivity contribution in [3.8, 4) is 11.3 Å². The zero-order valence-electron chi connectivity index (χ0n) is 14.1. The molecule has 1 amide bonds. The molecule has 0 bridgehead atoms. The summed E-state index contributed by atoms with van der Waals surface area (Å²) >= 11 is 4.81. The topological polar surface area (TPSA) is 54.9 Å². The fraction of sp³-hybridized carbons (Fsp3) is 0.150. The van der Waals surface area contributed by atoms with Crippen molar-refractivity contribution in [2.75, 3.05) is 12.3 Å². The van der Waals surface area contributed by atoms with Gasteiger partial charge in [-0.2, -0.15) is 0 Å². The highest BCUT2D eigenvalue weighted by Gasteiger charge is 2.05. The Morgan fingerprint density at radius 2 is 1.73 bits per heavy atom. The van der Waals surface area contributed by atoms with Crippen LogP contribution in [0.15, 0.2) is 76.2 Å². The van der Waals surface area contributed by atoms with E-state index >= 15 is 0 Å². The van der Waals surface area contributed by atoms with Gasteiger partial charge in [-0.3, -0.25) is 4.79 Å². The van der Waals surface area contributed by atoms with Crippen molar-refractivity contribution in [1.29, 1.82) is 0 Å². The van der Waals surface area contributed by atoms with E-state index in [1.807, 2.05) is 54.6 Å². The van der Waals surface area contributed by atoms with E-state index in [0.717, 1.165) is 27.2 Å². The lowest BCUT2D eigenvalue weighted by Crippen LogP contribution is -2.27. The average molecular weight is 428 g/mol. The maximum atomic E-state index is 11.9. The zero-order chi connectivity index (χ0) is 18.2. The number of amides is 1. The number of nitrogens with zero attached hydrogens (tertiary/aromatic N) is 2. The van der Waals surface area contributed by atoms with Crippen LogP contribution in [0, 0.1) is 0 Å². The van der Waals surface area contributed by atoms with Gasteiger partial charge >= 0.3 is 0 Å². The Morgan fingerprint density at radius 1 is 0.962 bits per heavy atom. The molecule has 132 valence electrons. The molecule has 6 heteroatoms. The summed E-state index contributed by atoms with van der Waals surface area (Å²) < 4.78 is 1.03. The smallest absolute Gasteiger partial charge is 0.230 e. The van der Waals surface area contributed by atoms with Gasteiger partial charge in [0.1, 0.15) is 5.03 Å². The van der Waals surface area contributed by atoms with Gasteiger partial charge in [0, 0.05) is 16.6 Å². The monoisotopic (exact) mass is 427 g/mol. The summed E-state index contributed by atoms with van der Waals surface area (Å²) in [7, 11) is 0. The lowest BCUT2D eigenvalue weighted by atomic mass is 10.1. The minimum absolute atomic E-state index is 0.00437. The number of carbonyl (C=O) groups excluding carboxylic acids is 1. The number of benzene rings is 2. The molecular weight excluding hydrogens is 410 g/mol. The number of thioether (sulfide) groups is 1. The minimum Gasteiger partial charge on any atom is -0.355 e. The Hall–Kier alpha value is -2.18. The van der Waals surface area contributed by atoms with Crippen LogP contribution in [0.4, 0.5) is 0 Å². The fourth-order valence-electron chi connectivity index (χ4n) is 2.35. The van der Waals surface area contributed by atoms with E-state index in [9.17, 15) is 4.79 Å². The molecule has 2 aromatic carbocycles. The van der Waals surface area contributed by atoms with Gasteiger partial charge in [-0.15, -0.1) is 10.2 Å². The minimum atomic E-state index is 0.00437. The van der Waals surface area contributed by atoms with Crippen LogP contribution < -0.4 is 5.32 Å². The van der Waals surface area contributed by atoms with Gasteiger partial charge in [-0.1, -0.05) is 70.2 Å². The Balaban J connectivity index is 1.44. The van der Waals surface area contributed by atoms with Crippen LogP contribution in [0.1, 0.15) is 5.56 Å². The van der Waals surface area contributed by atoms with Crippen LogP contribution in [0.5, 0.6) is 0 Å². The van der Waals surface area contributed by atoms with Crippen molar-refractivity contribution in [2.24, 2.45) is 0 Å². The molecule has 0 fully saturated rings. The summed E-state index contributed by atoms with van der Waals surface area (Å²) in [4.78, 5) is 11.9. The normalized spacial score (nSPS) is 10.5. The van der Waals surface area contributed by atoms with Crippen LogP contribution in [0.3, 0.4) is 0 Å². The molecule has 0 saturated carbocycles. The SMILES string of the molecule is O=C(CSc1ccc(-c2ccc(Br)cc2)nn1)NCCc1ccccc1. The Bertz CT molecular complexity index is 839. The largest absolute Gasteiger partial charge is 0.355 e. The molecule has 1 heterocycles. The van der Waals surface area contributed by atoms with Gasteiger partial charge < -0.3 is 5.32 Å². The van der Waals surface area contributed by atoms with E-state index in [1.54, 1.807) is 0 Å². The molecule has 0 aliphatic rings. The number of carbonyl (C=O) groups is 1. The first kappa shape index (κ1) is 18.6. The van der Waals surface area contributed by atoms with Crippen LogP contribution in [0.2, 0.25) is 0 Å². The molecule has 4 nitrogen and oxygen atoms in total. The third kappa shape index (κ3) is 5.68. The number of hydrogen-bond donors (Lipinski definition) is 1. The predicted octanol–water partition coefficient (Wildman–Crippen LogP) is 4.36. The van der Waals surface area contributed by atoms with Crippen molar-refractivity contribution >= 4 is 33.6 Å². The summed E-state index contributed by atoms with van der Waals surface area (Å²) in [6, 6.07) is 21.8. The van der Waals surface area contributed by atoms with Crippen LogP contribution in [-0.4, -0.2) is 28.4 Å². The van der Waals surface area contributed by atoms with Gasteiger partial charge in [0.2, 0.25) is 5.91 Å². The number of halogens is 1. The van der Waals surface area contributed by atoms with Crippen LogP contribution >= 0.6 is 27.7 Å².